The maximum absolute atomic E-state index is 13.1. The van der Waals surface area contributed by atoms with Crippen LogP contribution >= 0.6 is 23.2 Å². The van der Waals surface area contributed by atoms with Gasteiger partial charge in [0.2, 0.25) is 0 Å². The first-order chi connectivity index (χ1) is 64.8. The number of para-hydroxylation sites is 2. The molecule has 5 aliphatic heterocycles. The predicted molar refractivity (Wildman–Crippen MR) is 500 cm³/mol. The zero-order chi connectivity index (χ0) is 92.2. The van der Waals surface area contributed by atoms with Crippen molar-refractivity contribution in [3.8, 4) is 85.0 Å². The van der Waals surface area contributed by atoms with Gasteiger partial charge in [-0.3, -0.25) is 49.5 Å². The fourth-order valence-electron chi connectivity index (χ4n) is 16.1. The van der Waals surface area contributed by atoms with Crippen LogP contribution in [0, 0.1) is 13.8 Å². The number of nitrogens with one attached hydrogen (secondary N) is 5. The third kappa shape index (κ3) is 23.2. The van der Waals surface area contributed by atoms with Crippen molar-refractivity contribution in [2.75, 3.05) is 65.8 Å². The van der Waals surface area contributed by atoms with Gasteiger partial charge in [0.25, 0.3) is 29.5 Å². The molecule has 25 nitrogen and oxygen atoms in total. The summed E-state index contributed by atoms with van der Waals surface area (Å²) in [5, 5.41) is 38.9. The quantitative estimate of drug-likeness (QED) is 0.0474. The van der Waals surface area contributed by atoms with Gasteiger partial charge < -0.3 is 48.2 Å². The molecule has 0 fully saturated rings. The van der Waals surface area contributed by atoms with Gasteiger partial charge in [0.15, 0.2) is 33.0 Å². The fourth-order valence-corrected chi connectivity index (χ4v) is 16.5. The smallest absolute Gasteiger partial charge is 0.419 e. The highest BCUT2D eigenvalue weighted by atomic mass is 35.5. The molecule has 20 rings (SSSR count). The van der Waals surface area contributed by atoms with Gasteiger partial charge in [0.1, 0.15) is 28.7 Å². The zero-order valence-electron chi connectivity index (χ0n) is 73.1. The van der Waals surface area contributed by atoms with Crippen LogP contribution in [0.25, 0.3) is 56.3 Å². The van der Waals surface area contributed by atoms with E-state index in [1.54, 1.807) is 46.2 Å². The third-order valence-corrected chi connectivity index (χ3v) is 23.9. The minimum atomic E-state index is -4.54. The Morgan fingerprint density at radius 1 is 0.308 bits per heavy atom. The Balaban J connectivity index is 0.000000121. The Kier molecular flexibility index (Phi) is 29.6. The van der Waals surface area contributed by atoms with Crippen molar-refractivity contribution in [1.29, 1.82) is 0 Å². The molecule has 0 atom stereocenters. The SMILES string of the molecule is Cc1ccc(OCC(=O)N2CCc3[nH]nc(-c4ccccc4)c3C2)cc1.Cc1cccc(OCC(=O)N2CCc3[nH]nc(-c4ccccc4)c3C2)c1.O=C(COc1ccc(Cl)cc1)N1CCc2[nH]nc(-c3ccccc3)c2C1.O=C(COc1ccccc1C(F)(F)F)N1CCc2[nH]nc(-c3ccccc3)c2C1.O=C(COc1ccccc1Cl)N1CCc2[nH]nc(-c3ccccc3)c2C1. The maximum atomic E-state index is 13.1. The normalized spacial score (nSPS) is 13.5. The lowest BCUT2D eigenvalue weighted by Gasteiger charge is -2.27. The monoisotopic (exact) mass is 1830 g/mol. The highest BCUT2D eigenvalue weighted by molar-refractivity contribution is 6.32. The highest BCUT2D eigenvalue weighted by Gasteiger charge is 2.36. The first-order valence-corrected chi connectivity index (χ1v) is 44.4. The Morgan fingerprint density at radius 3 is 0.902 bits per heavy atom. The summed E-state index contributed by atoms with van der Waals surface area (Å²) in [5.74, 6) is 1.78. The number of carbonyl (C=O) groups excluding carboxylic acids is 5. The molecule has 10 aromatic carbocycles. The molecule has 0 aliphatic carbocycles. The first kappa shape index (κ1) is 91.3. The van der Waals surface area contributed by atoms with Crippen molar-refractivity contribution in [2.24, 2.45) is 0 Å². The molecule has 0 saturated heterocycles. The van der Waals surface area contributed by atoms with Crippen LogP contribution in [0.5, 0.6) is 28.7 Å². The number of ether oxygens (including phenoxy) is 5. The molecule has 5 aromatic heterocycles. The van der Waals surface area contributed by atoms with Crippen LogP contribution in [-0.4, -0.2) is 171 Å². The van der Waals surface area contributed by atoms with Crippen LogP contribution < -0.4 is 23.7 Å². The summed E-state index contributed by atoms with van der Waals surface area (Å²) in [4.78, 5) is 71.8. The Labute approximate surface area is 776 Å². The minimum absolute atomic E-state index is 0.00244. The number of aromatic nitrogens is 10. The zero-order valence-corrected chi connectivity index (χ0v) is 74.6. The van der Waals surface area contributed by atoms with Gasteiger partial charge in [0, 0.05) is 187 Å². The number of hydrogen-bond acceptors (Lipinski definition) is 15. The van der Waals surface area contributed by atoms with Gasteiger partial charge in [-0.05, 0) is 92.2 Å². The van der Waals surface area contributed by atoms with Crippen LogP contribution in [0.1, 0.15) is 73.0 Å². The number of alkyl halides is 3. The minimum Gasteiger partial charge on any atom is -0.484 e. The van der Waals surface area contributed by atoms with Gasteiger partial charge in [-0.25, -0.2) is 0 Å². The summed E-state index contributed by atoms with van der Waals surface area (Å²) >= 11 is 11.9. The van der Waals surface area contributed by atoms with Crippen LogP contribution in [0.4, 0.5) is 13.2 Å². The molecule has 0 radical (unpaired) electrons. The second-order valence-electron chi connectivity index (χ2n) is 32.3. The van der Waals surface area contributed by atoms with Gasteiger partial charge in [-0.15, -0.1) is 0 Å². The van der Waals surface area contributed by atoms with Crippen LogP contribution in [0.3, 0.4) is 0 Å². The summed E-state index contributed by atoms with van der Waals surface area (Å²) in [5.41, 5.74) is 21.7. The predicted octanol–water partition coefficient (Wildman–Crippen LogP) is 18.1. The molecule has 0 saturated carbocycles. The van der Waals surface area contributed by atoms with E-state index in [1.165, 1.54) is 23.8 Å². The molecule has 10 heterocycles. The van der Waals surface area contributed by atoms with Crippen LogP contribution in [0.2, 0.25) is 10.0 Å². The number of aryl methyl sites for hydroxylation is 2. The van der Waals surface area contributed by atoms with E-state index in [0.717, 1.165) is 161 Å². The topological polar surface area (TPSA) is 291 Å². The lowest BCUT2D eigenvalue weighted by molar-refractivity contribution is -0.141. The molecule has 30 heteroatoms. The van der Waals surface area contributed by atoms with Gasteiger partial charge in [-0.2, -0.15) is 38.7 Å². The summed E-state index contributed by atoms with van der Waals surface area (Å²) in [7, 11) is 0. The van der Waals surface area contributed by atoms with Gasteiger partial charge in [0.05, 0.1) is 39.1 Å². The van der Waals surface area contributed by atoms with Crippen molar-refractivity contribution in [2.45, 2.75) is 84.9 Å². The third-order valence-electron chi connectivity index (χ3n) is 23.3. The number of hydrogen-bond donors (Lipinski definition) is 5. The van der Waals surface area contributed by atoms with E-state index < -0.39 is 18.3 Å². The molecular formula is C103H96Cl2F3N15O10. The second kappa shape index (κ2) is 43.1. The van der Waals surface area contributed by atoms with Crippen LogP contribution in [0.15, 0.2) is 273 Å². The first-order valence-electron chi connectivity index (χ1n) is 43.7. The summed E-state index contributed by atoms with van der Waals surface area (Å²) in [6.07, 6.45) is -0.854. The number of nitrogens with zero attached hydrogens (tertiary/aromatic N) is 10. The van der Waals surface area contributed by atoms with E-state index in [9.17, 15) is 37.1 Å². The fraction of sp³-hybridized carbons (Fsp3) is 0.223. The van der Waals surface area contributed by atoms with Crippen molar-refractivity contribution < 1.29 is 60.8 Å². The van der Waals surface area contributed by atoms with E-state index in [4.69, 9.17) is 46.9 Å². The average Bonchev–Trinajstić information content (AvgIpc) is 1.66. The Bertz CT molecular complexity index is 6330. The lowest BCUT2D eigenvalue weighted by atomic mass is 10.0. The summed E-state index contributed by atoms with van der Waals surface area (Å²) < 4.78 is 67.0. The number of rotatable bonds is 20. The van der Waals surface area contributed by atoms with E-state index in [2.05, 4.69) is 51.0 Å². The summed E-state index contributed by atoms with van der Waals surface area (Å²) in [6, 6.07) is 84.3. The van der Waals surface area contributed by atoms with E-state index in [-0.39, 0.29) is 61.7 Å². The number of halogens is 5. The Hall–Kier alpha value is -15.0. The number of amides is 5. The van der Waals surface area contributed by atoms with Crippen molar-refractivity contribution in [3.63, 3.8) is 0 Å². The van der Waals surface area contributed by atoms with E-state index in [1.807, 2.05) is 241 Å². The molecular weight excluding hydrogens is 1740 g/mol. The molecule has 678 valence electrons. The van der Waals surface area contributed by atoms with Gasteiger partial charge in [-0.1, -0.05) is 229 Å². The number of aromatic amines is 5. The number of fused-ring (bicyclic) bond motifs is 5. The molecule has 5 aliphatic rings. The average molecular weight is 1830 g/mol. The number of carbonyl (C=O) groups is 5. The van der Waals surface area contributed by atoms with Crippen molar-refractivity contribution in [1.82, 2.24) is 75.5 Å². The van der Waals surface area contributed by atoms with Crippen LogP contribution in [-0.2, 0) is 95.0 Å². The standard InChI is InChI=1S/C21H18F3N3O2.2C21H21N3O2.2C20H18ClN3O2/c22-21(23,24)16-8-4-5-9-18(16)29-13-19(28)27-11-10-17-15(12-27)20(26-25-17)14-6-2-1-3-7-14;1-15-6-5-9-17(12-15)26-14-20(25)24-11-10-19-18(13-24)21(23-22-19)16-7-3-2-4-8-16;1-15-7-9-17(10-8-15)26-14-20(25)24-12-11-19-18(13-24)21(23-22-19)16-5-3-2-4-6-16;21-16-8-4-5-9-18(16)26-13-19(25)24-11-10-17-15(12-24)20(23-22-17)14-6-2-1-3-7-14;21-15-6-8-16(9-7-15)26-13-19(25)24-11-10-18-17(12-24)20(23-22-18)14-4-2-1-3-5-14/h1-9H,10-13H2,(H,25,26);2-9,12H,10-11,13-14H2,1H3,(H,22,23);2-10H,11-14H2,1H3,(H,22,23);2*1-9H,10-13H2,(H,22,23). The molecule has 0 unspecified atom stereocenters. The second-order valence-corrected chi connectivity index (χ2v) is 33.1. The molecule has 5 N–H and O–H groups in total. The van der Waals surface area contributed by atoms with E-state index >= 15 is 0 Å². The largest absolute Gasteiger partial charge is 0.484 e. The highest BCUT2D eigenvalue weighted by Crippen LogP contribution is 2.39. The number of benzene rings is 10. The summed E-state index contributed by atoms with van der Waals surface area (Å²) in [6.45, 7) is 9.30. The molecule has 5 amide bonds. The lowest BCUT2D eigenvalue weighted by Crippen LogP contribution is -2.38. The Morgan fingerprint density at radius 2 is 0.586 bits per heavy atom. The maximum Gasteiger partial charge on any atom is 0.419 e. The number of H-pyrrole nitrogens is 5. The molecule has 133 heavy (non-hydrogen) atoms. The van der Waals surface area contributed by atoms with Crippen molar-refractivity contribution in [3.05, 3.63) is 356 Å². The van der Waals surface area contributed by atoms with Crippen molar-refractivity contribution >= 4 is 52.7 Å². The molecule has 0 bridgehead atoms. The van der Waals surface area contributed by atoms with Gasteiger partial charge >= 0.3 is 6.18 Å². The molecule has 15 aromatic rings. The van der Waals surface area contributed by atoms with E-state index in [0.29, 0.717) is 93.4 Å². The molecule has 0 spiro atoms.